The van der Waals surface area contributed by atoms with Crippen LogP contribution < -0.4 is 19.5 Å². The molecule has 11 heterocycles. The van der Waals surface area contributed by atoms with Gasteiger partial charge in [0, 0.05) is 31.7 Å². The number of nitrogens with zero attached hydrogens (tertiary/aromatic N) is 13. The largest absolute Gasteiger partial charge is 0.480 e. The molecule has 2 aliphatic rings. The van der Waals surface area contributed by atoms with Gasteiger partial charge < -0.3 is 29.2 Å². The molecule has 0 spiro atoms. The number of piperidine rings is 2. The van der Waals surface area contributed by atoms with Crippen LogP contribution in [0.3, 0.4) is 0 Å². The molecule has 0 bridgehead atoms. The fraction of sp³-hybridized carbons (Fsp3) is 0.393. The number of hydrogen-bond donors (Lipinski definition) is 1. The number of methoxy groups -OCH3 is 3. The Morgan fingerprint density at radius 1 is 0.545 bits per heavy atom. The molecule has 1 N–H and O–H groups in total. The number of alkyl halides is 9. The first-order chi connectivity index (χ1) is 41.5. The lowest BCUT2D eigenvalue weighted by atomic mass is 9.92. The van der Waals surface area contributed by atoms with Gasteiger partial charge in [0.05, 0.1) is 51.3 Å². The number of fused-ring (bicyclic) bond motifs is 3. The third-order valence-electron chi connectivity index (χ3n) is 13.8. The van der Waals surface area contributed by atoms with E-state index in [0.29, 0.717) is 42.9 Å². The highest BCUT2D eigenvalue weighted by atomic mass is 19.4. The maximum Gasteiger partial charge on any atom is 0.426 e. The topological polar surface area (TPSA) is 198 Å². The van der Waals surface area contributed by atoms with Crippen molar-refractivity contribution in [2.24, 2.45) is 11.8 Å². The van der Waals surface area contributed by atoms with Gasteiger partial charge in [-0.25, -0.2) is 42.9 Å². The van der Waals surface area contributed by atoms with Crippen molar-refractivity contribution < 1.29 is 80.8 Å². The van der Waals surface area contributed by atoms with Crippen molar-refractivity contribution in [3.05, 3.63) is 125 Å². The molecular weight excluding hydrogens is 1200 g/mol. The van der Waals surface area contributed by atoms with Crippen molar-refractivity contribution in [2.75, 3.05) is 47.5 Å². The molecule has 19 nitrogen and oxygen atoms in total. The van der Waals surface area contributed by atoms with E-state index < -0.39 is 93.8 Å². The minimum atomic E-state index is -5.01. The molecule has 0 aromatic carbocycles. The monoisotopic (exact) mass is 1250 g/mol. The molecule has 2 atom stereocenters. The molecule has 88 heavy (non-hydrogen) atoms. The number of halogens is 13. The molecule has 9 aromatic rings. The molecule has 11 rings (SSSR count). The van der Waals surface area contributed by atoms with Crippen molar-refractivity contribution in [2.45, 2.75) is 83.4 Å². The Morgan fingerprint density at radius 2 is 0.943 bits per heavy atom. The van der Waals surface area contributed by atoms with Crippen LogP contribution in [0.5, 0.6) is 17.6 Å². The van der Waals surface area contributed by atoms with E-state index in [1.807, 2.05) is 0 Å². The normalized spacial score (nSPS) is 15.8. The summed E-state index contributed by atoms with van der Waals surface area (Å²) in [6.07, 6.45) is -4.60. The van der Waals surface area contributed by atoms with Gasteiger partial charge in [-0.2, -0.15) is 63.8 Å². The molecule has 2 fully saturated rings. The number of pyridine rings is 3. The Balaban J connectivity index is 0.000000161. The number of carbonyl (C=O) groups excluding carboxylic acids is 1. The van der Waals surface area contributed by atoms with Gasteiger partial charge in [0.2, 0.25) is 23.6 Å². The van der Waals surface area contributed by atoms with Crippen LogP contribution in [0.1, 0.15) is 74.5 Å². The zero-order valence-electron chi connectivity index (χ0n) is 47.4. The summed E-state index contributed by atoms with van der Waals surface area (Å²) in [5.74, 6) is -6.36. The van der Waals surface area contributed by atoms with Gasteiger partial charge in [0.25, 0.3) is 0 Å². The molecule has 0 aliphatic carbocycles. The second kappa shape index (κ2) is 25.4. The summed E-state index contributed by atoms with van der Waals surface area (Å²) in [6, 6.07) is 7.88. The first-order valence-electron chi connectivity index (χ1n) is 26.8. The molecule has 2 saturated heterocycles. The van der Waals surface area contributed by atoms with E-state index in [2.05, 4.69) is 54.9 Å². The molecule has 0 radical (unpaired) electrons. The Kier molecular flexibility index (Phi) is 18.3. The van der Waals surface area contributed by atoms with Crippen LogP contribution in [-0.4, -0.2) is 122 Å². The highest BCUT2D eigenvalue weighted by Gasteiger charge is 2.43. The van der Waals surface area contributed by atoms with Gasteiger partial charge in [-0.15, -0.1) is 0 Å². The number of amides is 1. The number of rotatable bonds is 10. The lowest BCUT2D eigenvalue weighted by molar-refractivity contribution is -0.142. The Bertz CT molecular complexity index is 3990. The van der Waals surface area contributed by atoms with E-state index in [9.17, 15) is 61.9 Å². The van der Waals surface area contributed by atoms with E-state index >= 15 is 0 Å². The molecule has 0 unspecified atom stereocenters. The quantitative estimate of drug-likeness (QED) is 0.100. The van der Waals surface area contributed by atoms with Gasteiger partial charge in [0.15, 0.2) is 23.0 Å². The minimum Gasteiger partial charge on any atom is -0.480 e. The lowest BCUT2D eigenvalue weighted by Gasteiger charge is -2.34. The SMILES string of the molecule is COc1nc(-c2cnc3ccc(F)cn23)nc(C[C@@H]2CCCN(C(=O)OC(C)(C)C)C2)c1C(F)(F)F.COc1nc(-c2cnc3ccc(F)cn23)nc(C[C@@H]2CCCNC2)c1C(F)(F)F.COc1nc(-c2cnc3ccc(F)cn23)nc(F)c1C(F)(F)F. The average molecular weight is 1250 g/mol. The van der Waals surface area contributed by atoms with Crippen molar-refractivity contribution in [3.63, 3.8) is 0 Å². The molecule has 32 heteroatoms. The van der Waals surface area contributed by atoms with E-state index in [1.165, 1.54) is 73.2 Å². The summed E-state index contributed by atoms with van der Waals surface area (Å²) in [5, 5.41) is 3.20. The second-order valence-corrected chi connectivity index (χ2v) is 21.2. The van der Waals surface area contributed by atoms with Gasteiger partial charge in [0.1, 0.15) is 68.2 Å². The fourth-order valence-corrected chi connectivity index (χ4v) is 10.0. The first-order valence-corrected chi connectivity index (χ1v) is 26.8. The Hall–Kier alpha value is -8.97. The van der Waals surface area contributed by atoms with Gasteiger partial charge in [-0.1, -0.05) is 0 Å². The number of likely N-dealkylation sites (tertiary alicyclic amines) is 1. The van der Waals surface area contributed by atoms with Crippen molar-refractivity contribution in [1.82, 2.24) is 68.3 Å². The van der Waals surface area contributed by atoms with Gasteiger partial charge in [-0.05, 0) is 121 Å². The third-order valence-corrected chi connectivity index (χ3v) is 13.8. The van der Waals surface area contributed by atoms with E-state index in [4.69, 9.17) is 14.2 Å². The summed E-state index contributed by atoms with van der Waals surface area (Å²) in [7, 11) is 3.17. The molecule has 2 aliphatic heterocycles. The third kappa shape index (κ3) is 14.4. The summed E-state index contributed by atoms with van der Waals surface area (Å²) in [5.41, 5.74) is -3.17. The van der Waals surface area contributed by atoms with Crippen molar-refractivity contribution >= 4 is 23.0 Å². The highest BCUT2D eigenvalue weighted by molar-refractivity contribution is 5.68. The highest BCUT2D eigenvalue weighted by Crippen LogP contribution is 2.42. The number of ether oxygens (including phenoxy) is 4. The number of carbonyl (C=O) groups is 1. The van der Waals surface area contributed by atoms with Gasteiger partial charge >= 0.3 is 24.6 Å². The van der Waals surface area contributed by atoms with E-state index in [1.54, 1.807) is 20.8 Å². The summed E-state index contributed by atoms with van der Waals surface area (Å²) < 4.78 is 201. The number of nitrogens with one attached hydrogen (secondary N) is 1. The van der Waals surface area contributed by atoms with Crippen molar-refractivity contribution in [3.8, 4) is 52.2 Å². The summed E-state index contributed by atoms with van der Waals surface area (Å²) in [4.78, 5) is 49.5. The Morgan fingerprint density at radius 3 is 1.33 bits per heavy atom. The molecule has 1 amide bonds. The number of hydrogen-bond acceptors (Lipinski definition) is 15. The molecule has 0 saturated carbocycles. The van der Waals surface area contributed by atoms with Crippen LogP contribution in [0.2, 0.25) is 0 Å². The molecule has 9 aromatic heterocycles. The summed E-state index contributed by atoms with van der Waals surface area (Å²) in [6.45, 7) is 7.43. The average Bonchev–Trinajstić information content (AvgIpc) is 1.63. The van der Waals surface area contributed by atoms with Crippen LogP contribution >= 0.6 is 0 Å². The smallest absolute Gasteiger partial charge is 0.426 e. The zero-order chi connectivity index (χ0) is 63.6. The minimum absolute atomic E-state index is 0.00622. The van der Waals surface area contributed by atoms with E-state index in [-0.39, 0.29) is 71.3 Å². The van der Waals surface area contributed by atoms with Crippen LogP contribution in [0.25, 0.3) is 51.5 Å². The van der Waals surface area contributed by atoms with Crippen LogP contribution in [0, 0.1) is 35.2 Å². The Labute approximate surface area is 491 Å². The lowest BCUT2D eigenvalue weighted by Crippen LogP contribution is -2.43. The van der Waals surface area contributed by atoms with Crippen LogP contribution in [-0.2, 0) is 36.1 Å². The maximum absolute atomic E-state index is 14.1. The predicted octanol–water partition coefficient (Wildman–Crippen LogP) is 11.7. The molecule has 468 valence electrons. The second-order valence-electron chi connectivity index (χ2n) is 21.2. The number of imidazole rings is 3. The standard InChI is InChI=1S/C24H27F4N5O3.C19H19F4N5O.C13H7F5N4O/c1-23(2,3)36-22(34)32-9-5-6-14(12-32)10-16-19(24(26,27)28)21(35-4)31-20(30-16)17-11-29-18-8-7-15(25)13-33(17)18;1-29-18-16(19(21,22)23)13(7-11-3-2-6-24-8-11)26-17(27-18)14-9-25-15-5-4-12(20)10-28(14)15;1-23-12-9(13(16,17)18)10(15)20-11(21-12)7-4-19-8-3-2-6(14)5-22(7)8/h7-8,11,13-14H,5-6,9-10,12H2,1-4H3;4-5,9-11,24H,2-3,6-8H2,1H3;2-5H,1H3/t14-;11-;/m00./s1. The van der Waals surface area contributed by atoms with Crippen LogP contribution in [0.15, 0.2) is 73.6 Å². The fourth-order valence-electron chi connectivity index (χ4n) is 10.0. The van der Waals surface area contributed by atoms with Gasteiger partial charge in [-0.3, -0.25) is 13.2 Å². The first kappa shape index (κ1) is 63.5. The predicted molar refractivity (Wildman–Crippen MR) is 287 cm³/mol. The van der Waals surface area contributed by atoms with E-state index in [0.717, 1.165) is 59.2 Å². The summed E-state index contributed by atoms with van der Waals surface area (Å²) >= 11 is 0. The zero-order valence-corrected chi connectivity index (χ0v) is 47.4. The van der Waals surface area contributed by atoms with Crippen molar-refractivity contribution in [1.29, 1.82) is 0 Å². The maximum atomic E-state index is 14.1. The van der Waals surface area contributed by atoms with Crippen LogP contribution in [0.4, 0.5) is 61.9 Å². The molecular formula is C56H53F13N14O5. The number of aromatic nitrogens is 12.